The van der Waals surface area contributed by atoms with Crippen molar-refractivity contribution in [3.63, 3.8) is 0 Å². The van der Waals surface area contributed by atoms with E-state index >= 15 is 0 Å². The van der Waals surface area contributed by atoms with E-state index in [9.17, 15) is 33.9 Å². The first kappa shape index (κ1) is 32.0. The third kappa shape index (κ3) is 11.4. The van der Waals surface area contributed by atoms with Crippen LogP contribution in [0.25, 0.3) is 0 Å². The molecule has 0 aliphatic heterocycles. The van der Waals surface area contributed by atoms with Crippen molar-refractivity contribution in [2.75, 3.05) is 0 Å². The van der Waals surface area contributed by atoms with Crippen molar-refractivity contribution in [3.8, 4) is 0 Å². The van der Waals surface area contributed by atoms with Crippen LogP contribution in [0.3, 0.4) is 0 Å². The second kappa shape index (κ2) is 16.0. The molecule has 1 aromatic carbocycles. The summed E-state index contributed by atoms with van der Waals surface area (Å²) in [7, 11) is 0. The van der Waals surface area contributed by atoms with E-state index < -0.39 is 65.7 Å². The fraction of sp³-hybridized carbons (Fsp3) is 0.520. The standard InChI is InChI=1S/C25H37N5O8/c1-3-14(2)21(25(37)38)30-23(35)17(10-11-19(27)31)28-24(36)18(13-15-7-5-4-6-8-15)29-22(34)16(26)9-12-20(32)33/h4-8,14,16-18,21H,3,9-13,26H2,1-2H3,(H2,27,31)(H,28,36)(H,29,34)(H,30,35)(H,32,33)(H,37,38). The molecule has 0 heterocycles. The lowest BCUT2D eigenvalue weighted by Crippen LogP contribution is -2.58. The lowest BCUT2D eigenvalue weighted by molar-refractivity contribution is -0.144. The van der Waals surface area contributed by atoms with E-state index in [2.05, 4.69) is 16.0 Å². The molecule has 9 N–H and O–H groups in total. The van der Waals surface area contributed by atoms with Crippen LogP contribution >= 0.6 is 0 Å². The van der Waals surface area contributed by atoms with Crippen LogP contribution in [0.5, 0.6) is 0 Å². The lowest BCUT2D eigenvalue weighted by Gasteiger charge is -2.26. The number of primary amides is 1. The number of carboxylic acids is 2. The van der Waals surface area contributed by atoms with Gasteiger partial charge in [0, 0.05) is 19.3 Å². The Morgan fingerprint density at radius 1 is 0.842 bits per heavy atom. The number of nitrogens with two attached hydrogens (primary N) is 2. The highest BCUT2D eigenvalue weighted by Crippen LogP contribution is 2.10. The zero-order valence-corrected chi connectivity index (χ0v) is 21.5. The van der Waals surface area contributed by atoms with E-state index in [1.807, 2.05) is 0 Å². The van der Waals surface area contributed by atoms with Gasteiger partial charge in [-0.25, -0.2) is 4.79 Å². The van der Waals surface area contributed by atoms with Crippen LogP contribution in [0.2, 0.25) is 0 Å². The van der Waals surface area contributed by atoms with Crippen molar-refractivity contribution in [2.45, 2.75) is 76.5 Å². The molecule has 0 saturated heterocycles. The van der Waals surface area contributed by atoms with Crippen molar-refractivity contribution < 1.29 is 39.0 Å². The van der Waals surface area contributed by atoms with Crippen LogP contribution in [0.1, 0.15) is 51.5 Å². The van der Waals surface area contributed by atoms with Crippen molar-refractivity contribution in [1.82, 2.24) is 16.0 Å². The van der Waals surface area contributed by atoms with Gasteiger partial charge in [-0.3, -0.25) is 24.0 Å². The molecule has 0 saturated carbocycles. The Balaban J connectivity index is 3.14. The summed E-state index contributed by atoms with van der Waals surface area (Å²) >= 11 is 0. The van der Waals surface area contributed by atoms with Crippen LogP contribution in [-0.4, -0.2) is 69.9 Å². The number of amides is 4. The summed E-state index contributed by atoms with van der Waals surface area (Å²) in [6, 6.07) is 3.70. The van der Waals surface area contributed by atoms with Gasteiger partial charge >= 0.3 is 11.9 Å². The van der Waals surface area contributed by atoms with E-state index in [1.165, 1.54) is 0 Å². The number of carbonyl (C=O) groups is 6. The van der Waals surface area contributed by atoms with E-state index in [-0.39, 0.29) is 32.1 Å². The largest absolute Gasteiger partial charge is 0.481 e. The van der Waals surface area contributed by atoms with Crippen molar-refractivity contribution >= 4 is 35.6 Å². The van der Waals surface area contributed by atoms with Gasteiger partial charge in [0.05, 0.1) is 6.04 Å². The third-order valence-electron chi connectivity index (χ3n) is 6.01. The molecule has 0 aliphatic carbocycles. The third-order valence-corrected chi connectivity index (χ3v) is 6.01. The minimum absolute atomic E-state index is 0.0127. The maximum atomic E-state index is 13.3. The zero-order valence-electron chi connectivity index (χ0n) is 21.5. The number of hydrogen-bond donors (Lipinski definition) is 7. The van der Waals surface area contributed by atoms with Gasteiger partial charge in [-0.1, -0.05) is 50.6 Å². The number of carbonyl (C=O) groups excluding carboxylic acids is 4. The summed E-state index contributed by atoms with van der Waals surface area (Å²) in [5.41, 5.74) is 11.7. The van der Waals surface area contributed by atoms with Gasteiger partial charge in [0.1, 0.15) is 18.1 Å². The Hall–Kier alpha value is -4.00. The molecule has 1 aromatic rings. The van der Waals surface area contributed by atoms with Gasteiger partial charge in [0.25, 0.3) is 0 Å². The molecular formula is C25H37N5O8. The normalized spacial score (nSPS) is 14.7. The maximum absolute atomic E-state index is 13.3. The molecule has 5 atom stereocenters. The summed E-state index contributed by atoms with van der Waals surface area (Å²) in [5, 5.41) is 25.7. The summed E-state index contributed by atoms with van der Waals surface area (Å²) < 4.78 is 0. The van der Waals surface area contributed by atoms with Crippen molar-refractivity contribution in [1.29, 1.82) is 0 Å². The van der Waals surface area contributed by atoms with E-state index in [4.69, 9.17) is 16.6 Å². The maximum Gasteiger partial charge on any atom is 0.326 e. The fourth-order valence-electron chi connectivity index (χ4n) is 3.51. The molecule has 38 heavy (non-hydrogen) atoms. The Labute approximate surface area is 220 Å². The Bertz CT molecular complexity index is 987. The van der Waals surface area contributed by atoms with Crippen molar-refractivity contribution in [3.05, 3.63) is 35.9 Å². The average molecular weight is 536 g/mol. The van der Waals surface area contributed by atoms with Gasteiger partial charge < -0.3 is 37.6 Å². The molecule has 13 heteroatoms. The Morgan fingerprint density at radius 2 is 1.42 bits per heavy atom. The number of rotatable bonds is 17. The summed E-state index contributed by atoms with van der Waals surface area (Å²) in [5.74, 6) is -5.90. The highest BCUT2D eigenvalue weighted by atomic mass is 16.4. The van der Waals surface area contributed by atoms with E-state index in [0.717, 1.165) is 0 Å². The summed E-state index contributed by atoms with van der Waals surface area (Å²) in [6.45, 7) is 3.41. The average Bonchev–Trinajstić information content (AvgIpc) is 2.87. The Morgan fingerprint density at radius 3 is 1.95 bits per heavy atom. The second-order valence-electron chi connectivity index (χ2n) is 9.07. The van der Waals surface area contributed by atoms with Gasteiger partial charge in [-0.05, 0) is 24.3 Å². The molecule has 0 bridgehead atoms. The van der Waals surface area contributed by atoms with Gasteiger partial charge in [-0.15, -0.1) is 0 Å². The predicted octanol–water partition coefficient (Wildman–Crippen LogP) is -0.728. The van der Waals surface area contributed by atoms with Crippen molar-refractivity contribution in [2.24, 2.45) is 17.4 Å². The van der Waals surface area contributed by atoms with Crippen LogP contribution in [0, 0.1) is 5.92 Å². The van der Waals surface area contributed by atoms with Crippen LogP contribution in [-0.2, 0) is 35.2 Å². The lowest BCUT2D eigenvalue weighted by atomic mass is 9.98. The molecule has 210 valence electrons. The molecule has 0 aromatic heterocycles. The minimum atomic E-state index is -1.32. The summed E-state index contributed by atoms with van der Waals surface area (Å²) in [6.07, 6.45) is -0.502. The van der Waals surface area contributed by atoms with Crippen LogP contribution in [0.4, 0.5) is 0 Å². The number of nitrogens with one attached hydrogen (secondary N) is 3. The number of benzene rings is 1. The first-order valence-corrected chi connectivity index (χ1v) is 12.3. The second-order valence-corrected chi connectivity index (χ2v) is 9.07. The van der Waals surface area contributed by atoms with Gasteiger partial charge in [-0.2, -0.15) is 0 Å². The number of hydrogen-bond acceptors (Lipinski definition) is 7. The number of carboxylic acid groups (broad SMARTS) is 2. The monoisotopic (exact) mass is 535 g/mol. The molecule has 5 unspecified atom stereocenters. The smallest absolute Gasteiger partial charge is 0.326 e. The minimum Gasteiger partial charge on any atom is -0.481 e. The molecule has 0 radical (unpaired) electrons. The molecule has 0 spiro atoms. The van der Waals surface area contributed by atoms with Gasteiger partial charge in [0.15, 0.2) is 0 Å². The molecule has 0 fully saturated rings. The summed E-state index contributed by atoms with van der Waals surface area (Å²) in [4.78, 5) is 72.7. The first-order chi connectivity index (χ1) is 17.8. The quantitative estimate of drug-likeness (QED) is 0.133. The van der Waals surface area contributed by atoms with E-state index in [0.29, 0.717) is 12.0 Å². The highest BCUT2D eigenvalue weighted by Gasteiger charge is 2.32. The highest BCUT2D eigenvalue weighted by molar-refractivity contribution is 5.94. The molecule has 4 amide bonds. The predicted molar refractivity (Wildman–Crippen MR) is 136 cm³/mol. The topological polar surface area (TPSA) is 231 Å². The fourth-order valence-corrected chi connectivity index (χ4v) is 3.51. The SMILES string of the molecule is CCC(C)C(NC(=O)C(CCC(N)=O)NC(=O)C(Cc1ccccc1)NC(=O)C(N)CCC(=O)O)C(=O)O. The Kier molecular flexibility index (Phi) is 13.5. The first-order valence-electron chi connectivity index (χ1n) is 12.3. The van der Waals surface area contributed by atoms with Crippen LogP contribution < -0.4 is 27.4 Å². The zero-order chi connectivity index (χ0) is 28.8. The molecule has 0 aliphatic rings. The molecule has 1 rings (SSSR count). The number of aliphatic carboxylic acids is 2. The van der Waals surface area contributed by atoms with E-state index in [1.54, 1.807) is 44.2 Å². The molecular weight excluding hydrogens is 498 g/mol. The van der Waals surface area contributed by atoms with Gasteiger partial charge in [0.2, 0.25) is 23.6 Å². The molecule has 13 nitrogen and oxygen atoms in total. The van der Waals surface area contributed by atoms with Crippen LogP contribution in [0.15, 0.2) is 30.3 Å².